The number of aliphatic hydroxyl groups is 1. The molecule has 0 saturated carbocycles. The van der Waals surface area contributed by atoms with E-state index in [4.69, 9.17) is 9.72 Å². The molecule has 1 aromatic heterocycles. The summed E-state index contributed by atoms with van der Waals surface area (Å²) in [5.74, 6) is 0. The van der Waals surface area contributed by atoms with E-state index in [1.807, 2.05) is 63.2 Å². The van der Waals surface area contributed by atoms with Crippen LogP contribution in [0.1, 0.15) is 49.7 Å². The molecule has 1 amide bonds. The van der Waals surface area contributed by atoms with Gasteiger partial charge in [-0.25, -0.2) is 4.79 Å². The standard InChI is InChI=1S/C31H42N4O3/c1-31(2,3)38-30(37)35(18-11-21-36)20-19-34(24-27-14-8-5-9-15-27)25-29-17-10-16-28(33-29)23-32-22-26-12-6-4-7-13-26/h4-10,12-17,32,36H,11,18-25H2,1-3H3. The third kappa shape index (κ3) is 11.0. The summed E-state index contributed by atoms with van der Waals surface area (Å²) in [7, 11) is 0. The zero-order chi connectivity index (χ0) is 27.2. The molecule has 7 nitrogen and oxygen atoms in total. The Labute approximate surface area is 227 Å². The SMILES string of the molecule is CC(C)(C)OC(=O)N(CCCO)CCN(Cc1ccccc1)Cc1cccc(CNCc2ccccc2)n1. The number of carbonyl (C=O) groups is 1. The summed E-state index contributed by atoms with van der Waals surface area (Å²) >= 11 is 0. The molecule has 38 heavy (non-hydrogen) atoms. The van der Waals surface area contributed by atoms with Crippen LogP contribution in [0, 0.1) is 0 Å². The lowest BCUT2D eigenvalue weighted by Crippen LogP contribution is -2.42. The van der Waals surface area contributed by atoms with Crippen LogP contribution in [0.4, 0.5) is 4.79 Å². The molecule has 0 aliphatic carbocycles. The summed E-state index contributed by atoms with van der Waals surface area (Å²) in [5, 5.41) is 12.8. The molecule has 7 heteroatoms. The minimum Gasteiger partial charge on any atom is -0.444 e. The summed E-state index contributed by atoms with van der Waals surface area (Å²) in [4.78, 5) is 21.7. The zero-order valence-corrected chi connectivity index (χ0v) is 23.0. The van der Waals surface area contributed by atoms with Crippen LogP contribution in [0.5, 0.6) is 0 Å². The van der Waals surface area contributed by atoms with E-state index in [0.29, 0.717) is 39.1 Å². The van der Waals surface area contributed by atoms with E-state index >= 15 is 0 Å². The lowest BCUT2D eigenvalue weighted by molar-refractivity contribution is 0.0219. The molecule has 2 N–H and O–H groups in total. The highest BCUT2D eigenvalue weighted by Gasteiger charge is 2.22. The lowest BCUT2D eigenvalue weighted by Gasteiger charge is -2.30. The lowest BCUT2D eigenvalue weighted by atomic mass is 10.2. The molecular formula is C31H42N4O3. The highest BCUT2D eigenvalue weighted by atomic mass is 16.6. The van der Waals surface area contributed by atoms with Crippen LogP contribution >= 0.6 is 0 Å². The van der Waals surface area contributed by atoms with Crippen molar-refractivity contribution < 1.29 is 14.6 Å². The fraction of sp³-hybridized carbons (Fsp3) is 0.419. The highest BCUT2D eigenvalue weighted by Crippen LogP contribution is 2.13. The predicted molar refractivity (Wildman–Crippen MR) is 151 cm³/mol. The van der Waals surface area contributed by atoms with E-state index in [0.717, 1.165) is 24.5 Å². The van der Waals surface area contributed by atoms with Crippen molar-refractivity contribution in [3.05, 3.63) is 101 Å². The molecule has 2 aromatic carbocycles. The van der Waals surface area contributed by atoms with Crippen molar-refractivity contribution in [3.8, 4) is 0 Å². The van der Waals surface area contributed by atoms with Gasteiger partial charge in [0.2, 0.25) is 0 Å². The van der Waals surface area contributed by atoms with E-state index < -0.39 is 5.60 Å². The molecule has 0 bridgehead atoms. The van der Waals surface area contributed by atoms with Gasteiger partial charge in [-0.15, -0.1) is 0 Å². The topological polar surface area (TPSA) is 77.9 Å². The smallest absolute Gasteiger partial charge is 0.410 e. The molecule has 3 rings (SSSR count). The normalized spacial score (nSPS) is 11.5. The molecule has 0 saturated heterocycles. The second kappa shape index (κ2) is 15.2. The Kier molecular flexibility index (Phi) is 11.7. The number of aliphatic hydroxyl groups excluding tert-OH is 1. The van der Waals surface area contributed by atoms with Gasteiger partial charge in [0.25, 0.3) is 0 Å². The second-order valence-electron chi connectivity index (χ2n) is 10.5. The van der Waals surface area contributed by atoms with Gasteiger partial charge in [-0.1, -0.05) is 66.7 Å². The number of hydrogen-bond acceptors (Lipinski definition) is 6. The van der Waals surface area contributed by atoms with Gasteiger partial charge in [0.15, 0.2) is 0 Å². The summed E-state index contributed by atoms with van der Waals surface area (Å²) in [6.45, 7) is 10.1. The summed E-state index contributed by atoms with van der Waals surface area (Å²) < 4.78 is 5.62. The van der Waals surface area contributed by atoms with Gasteiger partial charge in [0.1, 0.15) is 5.60 Å². The Hall–Kier alpha value is -3.26. The monoisotopic (exact) mass is 518 g/mol. The zero-order valence-electron chi connectivity index (χ0n) is 23.0. The molecule has 0 atom stereocenters. The summed E-state index contributed by atoms with van der Waals surface area (Å²) in [5.41, 5.74) is 3.85. The Morgan fingerprint density at radius 2 is 1.47 bits per heavy atom. The Bertz CT molecular complexity index is 1090. The van der Waals surface area contributed by atoms with Gasteiger partial charge in [0, 0.05) is 52.4 Å². The van der Waals surface area contributed by atoms with Crippen molar-refractivity contribution in [3.63, 3.8) is 0 Å². The maximum Gasteiger partial charge on any atom is 0.410 e. The van der Waals surface area contributed by atoms with Crippen LogP contribution < -0.4 is 5.32 Å². The Morgan fingerprint density at radius 1 is 0.816 bits per heavy atom. The maximum atomic E-state index is 12.8. The predicted octanol–water partition coefficient (Wildman–Crippen LogP) is 4.99. The fourth-order valence-corrected chi connectivity index (χ4v) is 4.08. The van der Waals surface area contributed by atoms with Crippen molar-refractivity contribution in [1.29, 1.82) is 0 Å². The van der Waals surface area contributed by atoms with E-state index in [-0.39, 0.29) is 12.7 Å². The molecule has 0 unspecified atom stereocenters. The number of aromatic nitrogens is 1. The number of pyridine rings is 1. The van der Waals surface area contributed by atoms with E-state index in [9.17, 15) is 9.90 Å². The third-order valence-electron chi connectivity index (χ3n) is 5.90. The van der Waals surface area contributed by atoms with Gasteiger partial charge in [-0.05, 0) is 50.5 Å². The number of benzene rings is 2. The first-order valence-corrected chi connectivity index (χ1v) is 13.4. The maximum absolute atomic E-state index is 12.8. The number of nitrogens with one attached hydrogen (secondary N) is 1. The molecule has 0 fully saturated rings. The first-order valence-electron chi connectivity index (χ1n) is 13.4. The molecule has 3 aromatic rings. The molecule has 1 heterocycles. The second-order valence-corrected chi connectivity index (χ2v) is 10.5. The number of hydrogen-bond donors (Lipinski definition) is 2. The van der Waals surface area contributed by atoms with Crippen LogP contribution in [0.25, 0.3) is 0 Å². The highest BCUT2D eigenvalue weighted by molar-refractivity contribution is 5.68. The van der Waals surface area contributed by atoms with Gasteiger partial charge < -0.3 is 20.1 Å². The quantitative estimate of drug-likeness (QED) is 0.313. The van der Waals surface area contributed by atoms with E-state index in [1.165, 1.54) is 11.1 Å². The molecule has 0 aliphatic rings. The van der Waals surface area contributed by atoms with Gasteiger partial charge in [-0.3, -0.25) is 9.88 Å². The number of rotatable bonds is 14. The Balaban J connectivity index is 1.66. The van der Waals surface area contributed by atoms with Crippen LogP contribution in [0.3, 0.4) is 0 Å². The van der Waals surface area contributed by atoms with Gasteiger partial charge in [0.05, 0.1) is 11.4 Å². The number of nitrogens with zero attached hydrogens (tertiary/aromatic N) is 3. The molecule has 0 radical (unpaired) electrons. The average Bonchev–Trinajstić information content (AvgIpc) is 2.89. The van der Waals surface area contributed by atoms with Crippen molar-refractivity contribution in [2.24, 2.45) is 0 Å². The average molecular weight is 519 g/mol. The summed E-state index contributed by atoms with van der Waals surface area (Å²) in [6, 6.07) is 26.8. The third-order valence-corrected chi connectivity index (χ3v) is 5.90. The van der Waals surface area contributed by atoms with Gasteiger partial charge >= 0.3 is 6.09 Å². The van der Waals surface area contributed by atoms with Crippen molar-refractivity contribution >= 4 is 6.09 Å². The largest absolute Gasteiger partial charge is 0.444 e. The van der Waals surface area contributed by atoms with Crippen molar-refractivity contribution in [1.82, 2.24) is 20.1 Å². The summed E-state index contributed by atoms with van der Waals surface area (Å²) in [6.07, 6.45) is 0.160. The fourth-order valence-electron chi connectivity index (χ4n) is 4.08. The van der Waals surface area contributed by atoms with Crippen molar-refractivity contribution in [2.75, 3.05) is 26.2 Å². The van der Waals surface area contributed by atoms with E-state index in [2.05, 4.69) is 46.6 Å². The van der Waals surface area contributed by atoms with Crippen LogP contribution in [-0.2, 0) is 30.9 Å². The van der Waals surface area contributed by atoms with E-state index in [1.54, 1.807) is 4.90 Å². The first-order chi connectivity index (χ1) is 18.3. The number of ether oxygens (including phenoxy) is 1. The number of carbonyl (C=O) groups excluding carboxylic acids is 1. The molecule has 0 aliphatic heterocycles. The van der Waals surface area contributed by atoms with Crippen LogP contribution in [0.2, 0.25) is 0 Å². The molecule has 204 valence electrons. The molecular weight excluding hydrogens is 476 g/mol. The minimum atomic E-state index is -0.572. The van der Waals surface area contributed by atoms with Crippen LogP contribution in [0.15, 0.2) is 78.9 Å². The van der Waals surface area contributed by atoms with Crippen molar-refractivity contribution in [2.45, 2.75) is 59.0 Å². The molecule has 0 spiro atoms. The minimum absolute atomic E-state index is 0.0298. The van der Waals surface area contributed by atoms with Gasteiger partial charge in [-0.2, -0.15) is 0 Å². The van der Waals surface area contributed by atoms with Crippen LogP contribution in [-0.4, -0.2) is 57.8 Å². The first kappa shape index (κ1) is 29.3. The number of amides is 1. The Morgan fingerprint density at radius 3 is 2.13 bits per heavy atom.